The van der Waals surface area contributed by atoms with Crippen molar-refractivity contribution in [3.8, 4) is 0 Å². The Bertz CT molecular complexity index is 49.0. The lowest BCUT2D eigenvalue weighted by molar-refractivity contribution is -0.107. The summed E-state index contributed by atoms with van der Waals surface area (Å²) in [6, 6.07) is 0. The van der Waals surface area contributed by atoms with Gasteiger partial charge in [0.15, 0.2) is 7.98 Å². The Kier molecular flexibility index (Phi) is 5.45. The first kappa shape index (κ1) is 6.69. The van der Waals surface area contributed by atoms with E-state index < -0.39 is 0 Å². The highest BCUT2D eigenvalue weighted by molar-refractivity contribution is 6.04. The number of unbranched alkanes of at least 4 members (excludes halogenated alkanes) is 1. The number of hydrogen-bond acceptors (Lipinski definition) is 2. The van der Waals surface area contributed by atoms with Gasteiger partial charge in [-0.25, -0.2) is 0 Å². The molecule has 0 aliphatic carbocycles. The first-order chi connectivity index (χ1) is 3.41. The Balaban J connectivity index is 2.56. The van der Waals surface area contributed by atoms with E-state index in [1.807, 2.05) is 0 Å². The summed E-state index contributed by atoms with van der Waals surface area (Å²) in [6.45, 7) is 0.721. The van der Waals surface area contributed by atoms with Gasteiger partial charge >= 0.3 is 0 Å². The van der Waals surface area contributed by atoms with Crippen LogP contribution in [-0.2, 0) is 4.79 Å². The van der Waals surface area contributed by atoms with E-state index in [4.69, 9.17) is 7.98 Å². The van der Waals surface area contributed by atoms with E-state index in [0.29, 0.717) is 6.42 Å². The van der Waals surface area contributed by atoms with Crippen LogP contribution >= 0.6 is 0 Å². The summed E-state index contributed by atoms with van der Waals surface area (Å²) >= 11 is 0. The number of aldehydes is 1. The molecule has 0 rings (SSSR count). The van der Waals surface area contributed by atoms with Gasteiger partial charge in [-0.15, -0.1) is 0 Å². The molecule has 0 atom stereocenters. The molecule has 0 aliphatic rings. The summed E-state index contributed by atoms with van der Waals surface area (Å²) in [6.07, 6.45) is 2.32. The molecule has 7 heavy (non-hydrogen) atoms. The fourth-order valence-corrected chi connectivity index (χ4v) is 0.287. The van der Waals surface area contributed by atoms with Gasteiger partial charge in [-0.2, -0.15) is 0 Å². The highest BCUT2D eigenvalue weighted by Crippen LogP contribution is 1.77. The molecule has 0 saturated carbocycles. The zero-order chi connectivity index (χ0) is 5.54. The molecule has 0 spiro atoms. The normalized spacial score (nSPS) is 8.57. The number of carbonyl (C=O) groups excluding carboxylic acids is 1. The van der Waals surface area contributed by atoms with E-state index in [0.717, 1.165) is 19.3 Å². The van der Waals surface area contributed by atoms with Crippen LogP contribution in [0.2, 0.25) is 0 Å². The summed E-state index contributed by atoms with van der Waals surface area (Å²) in [4.78, 5) is 9.61. The topological polar surface area (TPSA) is 29.1 Å². The lowest BCUT2D eigenvalue weighted by Crippen LogP contribution is -2.09. The Morgan fingerprint density at radius 2 is 2.43 bits per heavy atom. The highest BCUT2D eigenvalue weighted by atomic mass is 16.1. The minimum atomic E-state index is 0.601. The van der Waals surface area contributed by atoms with Gasteiger partial charge in [-0.1, -0.05) is 0 Å². The molecule has 0 aromatic rings. The van der Waals surface area contributed by atoms with Crippen LogP contribution in [0, 0.1) is 0 Å². The van der Waals surface area contributed by atoms with Crippen LogP contribution in [0.5, 0.6) is 0 Å². The molecule has 0 fully saturated rings. The van der Waals surface area contributed by atoms with Crippen molar-refractivity contribution in [3.63, 3.8) is 0 Å². The van der Waals surface area contributed by atoms with Gasteiger partial charge in [-0.05, 0) is 13.0 Å². The second-order valence-electron chi connectivity index (χ2n) is 1.26. The Morgan fingerprint density at radius 3 is 2.86 bits per heavy atom. The standard InChI is InChI=1S/C4H8BNO/c5-6-3-1-2-4-7/h4,6H,1-3H2. The fraction of sp³-hybridized carbons (Fsp3) is 0.750. The lowest BCUT2D eigenvalue weighted by Gasteiger charge is -1.89. The molecule has 0 bridgehead atoms. The number of hydrogen-bond donors (Lipinski definition) is 1. The summed E-state index contributed by atoms with van der Waals surface area (Å²) in [5, 5.41) is 2.44. The summed E-state index contributed by atoms with van der Waals surface area (Å²) < 4.78 is 0. The first-order valence-corrected chi connectivity index (χ1v) is 2.29. The predicted octanol–water partition coefficient (Wildman–Crippen LogP) is -0.361. The van der Waals surface area contributed by atoms with Gasteiger partial charge in [0.2, 0.25) is 0 Å². The number of rotatable bonds is 4. The Hall–Kier alpha value is -0.305. The molecule has 0 heterocycles. The third-order valence-corrected chi connectivity index (χ3v) is 0.643. The zero-order valence-corrected chi connectivity index (χ0v) is 4.18. The summed E-state index contributed by atoms with van der Waals surface area (Å²) in [7, 11) is 4.90. The van der Waals surface area contributed by atoms with Crippen molar-refractivity contribution in [2.45, 2.75) is 12.8 Å². The monoisotopic (exact) mass is 97.1 g/mol. The minimum Gasteiger partial charge on any atom is -0.366 e. The lowest BCUT2D eigenvalue weighted by atomic mass is 10.3. The van der Waals surface area contributed by atoms with Crippen molar-refractivity contribution < 1.29 is 4.79 Å². The molecular weight excluding hydrogens is 88.9 g/mol. The molecular formula is C4H8BNO. The number of carbonyl (C=O) groups is 1. The van der Waals surface area contributed by atoms with Crippen molar-refractivity contribution >= 4 is 14.3 Å². The molecule has 2 radical (unpaired) electrons. The van der Waals surface area contributed by atoms with Gasteiger partial charge in [0.05, 0.1) is 0 Å². The van der Waals surface area contributed by atoms with Gasteiger partial charge < -0.3 is 10.0 Å². The van der Waals surface area contributed by atoms with Gasteiger partial charge in [0.25, 0.3) is 0 Å². The van der Waals surface area contributed by atoms with E-state index in [2.05, 4.69) is 5.23 Å². The minimum absolute atomic E-state index is 0.601. The number of nitrogens with one attached hydrogen (secondary N) is 1. The van der Waals surface area contributed by atoms with Crippen molar-refractivity contribution in [2.75, 3.05) is 6.54 Å². The average molecular weight is 96.9 g/mol. The van der Waals surface area contributed by atoms with E-state index >= 15 is 0 Å². The van der Waals surface area contributed by atoms with E-state index in [1.165, 1.54) is 0 Å². The molecule has 0 aromatic heterocycles. The molecule has 0 aromatic carbocycles. The maximum absolute atomic E-state index is 9.61. The fourth-order valence-electron chi connectivity index (χ4n) is 0.287. The van der Waals surface area contributed by atoms with Crippen LogP contribution in [0.3, 0.4) is 0 Å². The van der Waals surface area contributed by atoms with Crippen molar-refractivity contribution in [1.29, 1.82) is 0 Å². The molecule has 0 amide bonds. The van der Waals surface area contributed by atoms with Crippen molar-refractivity contribution in [1.82, 2.24) is 5.23 Å². The average Bonchev–Trinajstić information content (AvgIpc) is 1.69. The van der Waals surface area contributed by atoms with Crippen molar-refractivity contribution in [3.05, 3.63) is 0 Å². The molecule has 1 N–H and O–H groups in total. The molecule has 0 aliphatic heterocycles. The maximum Gasteiger partial charge on any atom is 0.177 e. The molecule has 0 saturated heterocycles. The molecule has 38 valence electrons. The van der Waals surface area contributed by atoms with Crippen LogP contribution < -0.4 is 5.23 Å². The third kappa shape index (κ3) is 5.69. The van der Waals surface area contributed by atoms with E-state index in [9.17, 15) is 4.79 Å². The van der Waals surface area contributed by atoms with E-state index in [1.54, 1.807) is 0 Å². The van der Waals surface area contributed by atoms with Crippen LogP contribution in [0.4, 0.5) is 0 Å². The molecule has 3 heteroatoms. The smallest absolute Gasteiger partial charge is 0.177 e. The maximum atomic E-state index is 9.61. The Labute approximate surface area is 44.7 Å². The summed E-state index contributed by atoms with van der Waals surface area (Å²) in [5.41, 5.74) is 0. The second-order valence-corrected chi connectivity index (χ2v) is 1.26. The van der Waals surface area contributed by atoms with Gasteiger partial charge in [0, 0.05) is 6.42 Å². The first-order valence-electron chi connectivity index (χ1n) is 2.29. The van der Waals surface area contributed by atoms with Crippen molar-refractivity contribution in [2.24, 2.45) is 0 Å². The van der Waals surface area contributed by atoms with Gasteiger partial charge in [-0.3, -0.25) is 0 Å². The zero-order valence-electron chi connectivity index (χ0n) is 4.18. The van der Waals surface area contributed by atoms with Gasteiger partial charge in [0.1, 0.15) is 6.29 Å². The molecule has 0 unspecified atom stereocenters. The van der Waals surface area contributed by atoms with Crippen LogP contribution in [0.1, 0.15) is 12.8 Å². The predicted molar refractivity (Wildman–Crippen MR) is 29.1 cm³/mol. The SMILES string of the molecule is [B]NCCCC=O. The quantitative estimate of drug-likeness (QED) is 0.295. The third-order valence-electron chi connectivity index (χ3n) is 0.643. The highest BCUT2D eigenvalue weighted by Gasteiger charge is 1.78. The molecule has 2 nitrogen and oxygen atoms in total. The van der Waals surface area contributed by atoms with Crippen LogP contribution in [0.25, 0.3) is 0 Å². The largest absolute Gasteiger partial charge is 0.366 e. The second kappa shape index (κ2) is 5.69. The van der Waals surface area contributed by atoms with Crippen LogP contribution in [0.15, 0.2) is 0 Å². The van der Waals surface area contributed by atoms with E-state index in [-0.39, 0.29) is 0 Å². The summed E-state index contributed by atoms with van der Waals surface area (Å²) in [5.74, 6) is 0. The van der Waals surface area contributed by atoms with Crippen LogP contribution in [-0.4, -0.2) is 20.8 Å². The Morgan fingerprint density at radius 1 is 1.71 bits per heavy atom.